The summed E-state index contributed by atoms with van der Waals surface area (Å²) in [5, 5.41) is 5.25. The molecule has 7 heteroatoms. The van der Waals surface area contributed by atoms with Gasteiger partial charge in [-0.3, -0.25) is 9.59 Å². The van der Waals surface area contributed by atoms with E-state index in [-0.39, 0.29) is 23.4 Å². The normalized spacial score (nSPS) is 11.5. The predicted molar refractivity (Wildman–Crippen MR) is 128 cm³/mol. The molecule has 1 unspecified atom stereocenters. The van der Waals surface area contributed by atoms with Gasteiger partial charge in [0.25, 0.3) is 0 Å². The second-order valence-electron chi connectivity index (χ2n) is 7.30. The number of anilines is 2. The predicted octanol–water partition coefficient (Wildman–Crippen LogP) is 5.41. The van der Waals surface area contributed by atoms with E-state index in [4.69, 9.17) is 4.74 Å². The van der Waals surface area contributed by atoms with Crippen LogP contribution in [0.1, 0.15) is 18.1 Å². The summed E-state index contributed by atoms with van der Waals surface area (Å²) in [6.07, 6.45) is 0. The number of halogens is 1. The van der Waals surface area contributed by atoms with E-state index in [9.17, 15) is 14.0 Å². The highest BCUT2D eigenvalue weighted by Gasteiger charge is 2.16. The molecule has 0 aliphatic heterocycles. The van der Waals surface area contributed by atoms with Gasteiger partial charge in [-0.25, -0.2) is 4.39 Å². The molecule has 32 heavy (non-hydrogen) atoms. The van der Waals surface area contributed by atoms with Gasteiger partial charge < -0.3 is 15.4 Å². The fourth-order valence-electron chi connectivity index (χ4n) is 2.77. The van der Waals surface area contributed by atoms with Crippen LogP contribution in [-0.4, -0.2) is 22.8 Å². The Kier molecular flexibility index (Phi) is 8.27. The molecule has 0 aliphatic rings. The van der Waals surface area contributed by atoms with Crippen molar-refractivity contribution in [2.75, 3.05) is 16.4 Å². The molecule has 166 valence electrons. The van der Waals surface area contributed by atoms with Crippen LogP contribution < -0.4 is 15.4 Å². The molecule has 3 rings (SSSR count). The van der Waals surface area contributed by atoms with Gasteiger partial charge in [-0.2, -0.15) is 0 Å². The molecule has 0 saturated heterocycles. The second kappa shape index (κ2) is 11.3. The van der Waals surface area contributed by atoms with Crippen molar-refractivity contribution in [3.8, 4) is 5.75 Å². The van der Waals surface area contributed by atoms with E-state index in [2.05, 4.69) is 10.6 Å². The van der Waals surface area contributed by atoms with Crippen LogP contribution in [-0.2, 0) is 16.2 Å². The molecule has 3 aromatic carbocycles. The third-order valence-corrected chi connectivity index (χ3v) is 5.73. The number of amides is 2. The van der Waals surface area contributed by atoms with Crippen LogP contribution in [0.3, 0.4) is 0 Å². The standard InChI is InChI=1S/C25H25FN2O3S/c1-17-6-12-21(13-7-17)27-24(29)16-32-18(2)25(30)28-22-4-3-5-23(14-22)31-15-19-8-10-20(26)11-9-19/h3-14,18H,15-16H2,1-2H3,(H,27,29)(H,28,30). The summed E-state index contributed by atoms with van der Waals surface area (Å²) in [5.74, 6) is 0.106. The van der Waals surface area contributed by atoms with Gasteiger partial charge in [-0.05, 0) is 55.8 Å². The van der Waals surface area contributed by atoms with Gasteiger partial charge in [0, 0.05) is 17.4 Å². The van der Waals surface area contributed by atoms with E-state index in [0.717, 1.165) is 16.8 Å². The number of carbonyl (C=O) groups is 2. The SMILES string of the molecule is Cc1ccc(NC(=O)CSC(C)C(=O)Nc2cccc(OCc3ccc(F)cc3)c2)cc1. The number of hydrogen-bond acceptors (Lipinski definition) is 4. The minimum absolute atomic E-state index is 0.158. The lowest BCUT2D eigenvalue weighted by atomic mass is 10.2. The fourth-order valence-corrected chi connectivity index (χ4v) is 3.45. The lowest BCUT2D eigenvalue weighted by molar-refractivity contribution is -0.115. The van der Waals surface area contributed by atoms with Crippen LogP contribution >= 0.6 is 11.8 Å². The molecule has 0 saturated carbocycles. The summed E-state index contributed by atoms with van der Waals surface area (Å²) in [4.78, 5) is 24.6. The molecule has 0 aliphatic carbocycles. The Labute approximate surface area is 191 Å². The molecular weight excluding hydrogens is 427 g/mol. The largest absolute Gasteiger partial charge is 0.489 e. The Morgan fingerprint density at radius 2 is 1.69 bits per heavy atom. The van der Waals surface area contributed by atoms with Crippen molar-refractivity contribution in [1.29, 1.82) is 0 Å². The summed E-state index contributed by atoms with van der Waals surface area (Å²) in [5.41, 5.74) is 3.29. The maximum atomic E-state index is 13.0. The molecule has 2 N–H and O–H groups in total. The van der Waals surface area contributed by atoms with E-state index >= 15 is 0 Å². The van der Waals surface area contributed by atoms with Gasteiger partial charge >= 0.3 is 0 Å². The average molecular weight is 453 g/mol. The van der Waals surface area contributed by atoms with E-state index in [1.807, 2.05) is 31.2 Å². The Morgan fingerprint density at radius 1 is 0.969 bits per heavy atom. The lowest BCUT2D eigenvalue weighted by Gasteiger charge is -2.13. The number of rotatable bonds is 9. The van der Waals surface area contributed by atoms with Gasteiger partial charge in [-0.15, -0.1) is 11.8 Å². The highest BCUT2D eigenvalue weighted by atomic mass is 32.2. The fraction of sp³-hybridized carbons (Fsp3) is 0.200. The molecule has 0 bridgehead atoms. The summed E-state index contributed by atoms with van der Waals surface area (Å²) in [6, 6.07) is 20.7. The van der Waals surface area contributed by atoms with Crippen LogP contribution in [0, 0.1) is 12.7 Å². The number of benzene rings is 3. The van der Waals surface area contributed by atoms with Gasteiger partial charge in [0.15, 0.2) is 0 Å². The molecule has 1 atom stereocenters. The van der Waals surface area contributed by atoms with E-state index in [1.54, 1.807) is 43.3 Å². The van der Waals surface area contributed by atoms with Crippen molar-refractivity contribution in [1.82, 2.24) is 0 Å². The van der Waals surface area contributed by atoms with Crippen LogP contribution in [0.2, 0.25) is 0 Å². The topological polar surface area (TPSA) is 67.4 Å². The molecule has 3 aromatic rings. The summed E-state index contributed by atoms with van der Waals surface area (Å²) < 4.78 is 18.7. The monoisotopic (exact) mass is 452 g/mol. The number of ether oxygens (including phenoxy) is 1. The molecule has 0 heterocycles. The molecule has 0 aromatic heterocycles. The van der Waals surface area contributed by atoms with Gasteiger partial charge in [0.1, 0.15) is 18.2 Å². The number of nitrogens with one attached hydrogen (secondary N) is 2. The quantitative estimate of drug-likeness (QED) is 0.455. The highest BCUT2D eigenvalue weighted by Crippen LogP contribution is 2.21. The average Bonchev–Trinajstić information content (AvgIpc) is 2.79. The van der Waals surface area contributed by atoms with E-state index in [0.29, 0.717) is 18.0 Å². The Hall–Kier alpha value is -3.32. The Bertz CT molecular complexity index is 1060. The smallest absolute Gasteiger partial charge is 0.237 e. The zero-order valence-corrected chi connectivity index (χ0v) is 18.7. The van der Waals surface area contributed by atoms with Crippen LogP contribution in [0.25, 0.3) is 0 Å². The maximum absolute atomic E-state index is 13.0. The second-order valence-corrected chi connectivity index (χ2v) is 8.63. The summed E-state index contributed by atoms with van der Waals surface area (Å²) in [7, 11) is 0. The van der Waals surface area contributed by atoms with E-state index < -0.39 is 5.25 Å². The number of carbonyl (C=O) groups excluding carboxylic acids is 2. The van der Waals surface area contributed by atoms with E-state index in [1.165, 1.54) is 23.9 Å². The van der Waals surface area contributed by atoms with Crippen molar-refractivity contribution in [2.45, 2.75) is 25.7 Å². The van der Waals surface area contributed by atoms with Crippen LogP contribution in [0.4, 0.5) is 15.8 Å². The van der Waals surface area contributed by atoms with Crippen LogP contribution in [0.5, 0.6) is 5.75 Å². The van der Waals surface area contributed by atoms with Crippen molar-refractivity contribution < 1.29 is 18.7 Å². The lowest BCUT2D eigenvalue weighted by Crippen LogP contribution is -2.25. The first-order chi connectivity index (χ1) is 15.4. The molecule has 2 amide bonds. The molecule has 0 spiro atoms. The molecule has 0 radical (unpaired) electrons. The minimum atomic E-state index is -0.414. The third kappa shape index (κ3) is 7.42. The van der Waals surface area contributed by atoms with Crippen molar-refractivity contribution in [2.24, 2.45) is 0 Å². The van der Waals surface area contributed by atoms with Crippen molar-refractivity contribution >= 4 is 35.0 Å². The number of thioether (sulfide) groups is 1. The highest BCUT2D eigenvalue weighted by molar-refractivity contribution is 8.01. The molecular formula is C25H25FN2O3S. The molecule has 5 nitrogen and oxygen atoms in total. The maximum Gasteiger partial charge on any atom is 0.237 e. The summed E-state index contributed by atoms with van der Waals surface area (Å²) >= 11 is 1.26. The van der Waals surface area contributed by atoms with Crippen molar-refractivity contribution in [3.05, 3.63) is 89.7 Å². The Balaban J connectivity index is 1.45. The van der Waals surface area contributed by atoms with Crippen molar-refractivity contribution in [3.63, 3.8) is 0 Å². The first-order valence-corrected chi connectivity index (χ1v) is 11.2. The first kappa shape index (κ1) is 23.3. The van der Waals surface area contributed by atoms with Gasteiger partial charge in [-0.1, -0.05) is 35.9 Å². The van der Waals surface area contributed by atoms with Gasteiger partial charge in [0.05, 0.1) is 11.0 Å². The summed E-state index contributed by atoms with van der Waals surface area (Å²) in [6.45, 7) is 4.03. The van der Waals surface area contributed by atoms with Crippen LogP contribution in [0.15, 0.2) is 72.8 Å². The number of hydrogen-bond donors (Lipinski definition) is 2. The zero-order chi connectivity index (χ0) is 22.9. The van der Waals surface area contributed by atoms with Gasteiger partial charge in [0.2, 0.25) is 11.8 Å². The first-order valence-electron chi connectivity index (χ1n) is 10.2. The zero-order valence-electron chi connectivity index (χ0n) is 17.9. The third-order valence-electron chi connectivity index (χ3n) is 4.59. The number of aryl methyl sites for hydroxylation is 1. The Morgan fingerprint density at radius 3 is 2.41 bits per heavy atom. The minimum Gasteiger partial charge on any atom is -0.489 e. The molecule has 0 fully saturated rings.